The molecule has 0 aliphatic rings. The van der Waals surface area contributed by atoms with E-state index in [0.717, 1.165) is 21.8 Å². The Hall–Kier alpha value is -3.69. The molecule has 0 radical (unpaired) electrons. The molecule has 0 saturated carbocycles. The average molecular weight is 494 g/mol. The number of benzene rings is 3. The number of amides is 1. The first-order valence-corrected chi connectivity index (χ1v) is 11.7. The summed E-state index contributed by atoms with van der Waals surface area (Å²) >= 11 is 7.34. The molecule has 4 aromatic rings. The van der Waals surface area contributed by atoms with E-state index in [9.17, 15) is 14.9 Å². The first-order valence-electron chi connectivity index (χ1n) is 10.3. The van der Waals surface area contributed by atoms with Crippen LogP contribution in [0.4, 0.5) is 5.69 Å². The van der Waals surface area contributed by atoms with Gasteiger partial charge in [-0.3, -0.25) is 14.9 Å². The van der Waals surface area contributed by atoms with E-state index >= 15 is 0 Å². The molecular formula is C24H20ClN5O3S. The number of thioether (sulfide) groups is 1. The van der Waals surface area contributed by atoms with E-state index < -0.39 is 4.92 Å². The second kappa shape index (κ2) is 10.5. The first-order chi connectivity index (χ1) is 16.4. The van der Waals surface area contributed by atoms with Crippen LogP contribution in [0.2, 0.25) is 5.02 Å². The van der Waals surface area contributed by atoms with Crippen LogP contribution in [0, 0.1) is 10.1 Å². The number of nitrogens with zero attached hydrogens (tertiary/aromatic N) is 4. The van der Waals surface area contributed by atoms with Gasteiger partial charge in [0.25, 0.3) is 11.6 Å². The summed E-state index contributed by atoms with van der Waals surface area (Å²) in [5, 5.41) is 16.3. The third kappa shape index (κ3) is 5.62. The summed E-state index contributed by atoms with van der Waals surface area (Å²) in [4.78, 5) is 27.5. The number of carbonyl (C=O) groups is 1. The molecule has 0 aliphatic heterocycles. The number of para-hydroxylation sites is 2. The Balaban J connectivity index is 1.44. The van der Waals surface area contributed by atoms with Gasteiger partial charge in [-0.05, 0) is 54.4 Å². The van der Waals surface area contributed by atoms with Crippen molar-refractivity contribution in [3.8, 4) is 0 Å². The Bertz CT molecular complexity index is 1370. The number of aromatic nitrogens is 2. The largest absolute Gasteiger partial charge is 0.314 e. The van der Waals surface area contributed by atoms with Crippen LogP contribution < -0.4 is 5.43 Å². The molecule has 172 valence electrons. The van der Waals surface area contributed by atoms with Gasteiger partial charge in [-0.15, -0.1) is 0 Å². The summed E-state index contributed by atoms with van der Waals surface area (Å²) in [5.74, 6) is -0.155. The zero-order chi connectivity index (χ0) is 24.1. The van der Waals surface area contributed by atoms with E-state index in [4.69, 9.17) is 16.6 Å². The van der Waals surface area contributed by atoms with Crippen LogP contribution in [-0.2, 0) is 11.3 Å². The zero-order valence-electron chi connectivity index (χ0n) is 18.1. The maximum Gasteiger partial charge on any atom is 0.269 e. The molecule has 0 unspecified atom stereocenters. The molecule has 1 heterocycles. The van der Waals surface area contributed by atoms with Crippen molar-refractivity contribution in [3.05, 3.63) is 99.1 Å². The van der Waals surface area contributed by atoms with Crippen molar-refractivity contribution in [3.63, 3.8) is 0 Å². The minimum atomic E-state index is -0.463. The number of nitrogens with one attached hydrogen (secondary N) is 1. The van der Waals surface area contributed by atoms with Gasteiger partial charge in [0, 0.05) is 17.2 Å². The van der Waals surface area contributed by atoms with Crippen LogP contribution in [0.1, 0.15) is 18.1 Å². The quantitative estimate of drug-likeness (QED) is 0.156. The Morgan fingerprint density at radius 1 is 1.12 bits per heavy atom. The lowest BCUT2D eigenvalue weighted by molar-refractivity contribution is -0.384. The minimum absolute atomic E-state index is 0.00141. The smallest absolute Gasteiger partial charge is 0.269 e. The number of hydrazone groups is 1. The molecule has 0 fully saturated rings. The van der Waals surface area contributed by atoms with Crippen molar-refractivity contribution in [2.45, 2.75) is 18.6 Å². The van der Waals surface area contributed by atoms with E-state index in [1.807, 2.05) is 48.5 Å². The number of hydrogen-bond acceptors (Lipinski definition) is 6. The Kier molecular flexibility index (Phi) is 7.24. The van der Waals surface area contributed by atoms with Gasteiger partial charge in [0.15, 0.2) is 5.16 Å². The number of nitro groups is 1. The summed E-state index contributed by atoms with van der Waals surface area (Å²) in [6.45, 7) is 2.32. The fourth-order valence-corrected chi connectivity index (χ4v) is 4.22. The third-order valence-electron chi connectivity index (χ3n) is 5.05. The van der Waals surface area contributed by atoms with Gasteiger partial charge in [-0.1, -0.05) is 47.6 Å². The van der Waals surface area contributed by atoms with Gasteiger partial charge in [0.05, 0.1) is 34.0 Å². The van der Waals surface area contributed by atoms with Crippen molar-refractivity contribution in [1.29, 1.82) is 0 Å². The number of halogens is 1. The summed E-state index contributed by atoms with van der Waals surface area (Å²) in [6, 6.07) is 21.4. The van der Waals surface area contributed by atoms with Crippen molar-refractivity contribution in [2.24, 2.45) is 5.10 Å². The predicted molar refractivity (Wildman–Crippen MR) is 134 cm³/mol. The molecule has 0 atom stereocenters. The Labute approximate surface area is 204 Å². The highest BCUT2D eigenvalue weighted by atomic mass is 35.5. The summed E-state index contributed by atoms with van der Waals surface area (Å²) in [5.41, 5.74) is 6.67. The standard InChI is InChI=1S/C24H20ClN5O3S/c1-16(18-8-12-20(13-9-18)30(32)33)27-28-23(31)15-34-24-26-21-4-2-3-5-22(21)29(24)14-17-6-10-19(25)11-7-17/h2-13H,14-15H2,1H3,(H,28,31). The highest BCUT2D eigenvalue weighted by molar-refractivity contribution is 7.99. The monoisotopic (exact) mass is 493 g/mol. The molecule has 0 saturated heterocycles. The zero-order valence-corrected chi connectivity index (χ0v) is 19.7. The highest BCUT2D eigenvalue weighted by Crippen LogP contribution is 2.25. The number of imidazole rings is 1. The third-order valence-corrected chi connectivity index (χ3v) is 6.28. The van der Waals surface area contributed by atoms with Crippen LogP contribution in [0.3, 0.4) is 0 Å². The van der Waals surface area contributed by atoms with Crippen molar-refractivity contribution >= 4 is 51.7 Å². The number of carbonyl (C=O) groups excluding carboxylic acids is 1. The lowest BCUT2D eigenvalue weighted by Gasteiger charge is -2.09. The number of rotatable bonds is 8. The average Bonchev–Trinajstić information content (AvgIpc) is 3.20. The fraction of sp³-hybridized carbons (Fsp3) is 0.125. The van der Waals surface area contributed by atoms with Gasteiger partial charge in [0.2, 0.25) is 0 Å². The van der Waals surface area contributed by atoms with Crippen LogP contribution in [0.15, 0.2) is 83.1 Å². The van der Waals surface area contributed by atoms with Crippen molar-refractivity contribution < 1.29 is 9.72 Å². The second-order valence-corrected chi connectivity index (χ2v) is 8.80. The minimum Gasteiger partial charge on any atom is -0.314 e. The van der Waals surface area contributed by atoms with E-state index in [-0.39, 0.29) is 17.3 Å². The maximum atomic E-state index is 12.4. The molecule has 4 rings (SSSR count). The molecule has 0 aliphatic carbocycles. The molecule has 0 spiro atoms. The topological polar surface area (TPSA) is 102 Å². The molecule has 34 heavy (non-hydrogen) atoms. The molecule has 3 aromatic carbocycles. The molecule has 10 heteroatoms. The summed E-state index contributed by atoms with van der Waals surface area (Å²) in [7, 11) is 0. The first kappa shape index (κ1) is 23.5. The van der Waals surface area contributed by atoms with E-state index in [2.05, 4.69) is 15.1 Å². The molecule has 1 amide bonds. The Morgan fingerprint density at radius 2 is 1.82 bits per heavy atom. The van der Waals surface area contributed by atoms with Crippen molar-refractivity contribution in [2.75, 3.05) is 5.75 Å². The molecular weight excluding hydrogens is 474 g/mol. The number of non-ortho nitro benzene ring substituents is 1. The maximum absolute atomic E-state index is 12.4. The molecule has 1 N–H and O–H groups in total. The van der Waals surface area contributed by atoms with Crippen molar-refractivity contribution in [1.82, 2.24) is 15.0 Å². The van der Waals surface area contributed by atoms with Gasteiger partial charge in [0.1, 0.15) is 0 Å². The van der Waals surface area contributed by atoms with E-state index in [0.29, 0.717) is 22.8 Å². The normalized spacial score (nSPS) is 11.5. The number of fused-ring (bicyclic) bond motifs is 1. The Morgan fingerprint density at radius 3 is 2.53 bits per heavy atom. The molecule has 1 aromatic heterocycles. The lowest BCUT2D eigenvalue weighted by Crippen LogP contribution is -2.21. The number of hydrogen-bond donors (Lipinski definition) is 1. The van der Waals surface area contributed by atoms with Crippen LogP contribution in [0.5, 0.6) is 0 Å². The fourth-order valence-electron chi connectivity index (χ4n) is 3.29. The van der Waals surface area contributed by atoms with Gasteiger partial charge in [-0.2, -0.15) is 5.10 Å². The van der Waals surface area contributed by atoms with Crippen LogP contribution in [-0.4, -0.2) is 31.8 Å². The van der Waals surface area contributed by atoms with E-state index in [1.54, 1.807) is 19.1 Å². The van der Waals surface area contributed by atoms with Gasteiger partial charge < -0.3 is 4.57 Å². The SMILES string of the molecule is CC(=NNC(=O)CSc1nc2ccccc2n1Cc1ccc(Cl)cc1)c1ccc([N+](=O)[O-])cc1. The predicted octanol–water partition coefficient (Wildman–Crippen LogP) is 5.28. The van der Waals surface area contributed by atoms with Gasteiger partial charge in [-0.25, -0.2) is 10.4 Å². The molecule has 8 nitrogen and oxygen atoms in total. The number of nitro benzene ring substituents is 1. The van der Waals surface area contributed by atoms with Crippen LogP contribution >= 0.6 is 23.4 Å². The summed E-state index contributed by atoms with van der Waals surface area (Å²) < 4.78 is 2.07. The lowest BCUT2D eigenvalue weighted by atomic mass is 10.1. The highest BCUT2D eigenvalue weighted by Gasteiger charge is 2.14. The molecule has 0 bridgehead atoms. The summed E-state index contributed by atoms with van der Waals surface area (Å²) in [6.07, 6.45) is 0. The van der Waals surface area contributed by atoms with E-state index in [1.165, 1.54) is 23.9 Å². The second-order valence-electron chi connectivity index (χ2n) is 7.42. The van der Waals surface area contributed by atoms with Gasteiger partial charge >= 0.3 is 0 Å². The van der Waals surface area contributed by atoms with Crippen LogP contribution in [0.25, 0.3) is 11.0 Å².